The van der Waals surface area contributed by atoms with Crippen molar-refractivity contribution in [2.75, 3.05) is 0 Å². The van der Waals surface area contributed by atoms with Gasteiger partial charge in [0.05, 0.1) is 0 Å². The smallest absolute Gasteiger partial charge is 0.162 e. The molecule has 2 aromatic rings. The number of carbonyl (C=O) groups is 1. The monoisotopic (exact) mass is 264 g/mol. The third-order valence-electron chi connectivity index (χ3n) is 2.71. The minimum Gasteiger partial charge on any atom is -0.299 e. The molecule has 19 heavy (non-hydrogen) atoms. The van der Waals surface area contributed by atoms with E-state index in [9.17, 15) is 18.0 Å². The Labute approximate surface area is 108 Å². The third kappa shape index (κ3) is 3.44. The van der Waals surface area contributed by atoms with Crippen LogP contribution in [0.3, 0.4) is 0 Å². The molecule has 0 aliphatic carbocycles. The molecule has 0 radical (unpaired) electrons. The maximum Gasteiger partial charge on any atom is 0.162 e. The summed E-state index contributed by atoms with van der Waals surface area (Å²) in [4.78, 5) is 11.7. The van der Waals surface area contributed by atoms with Crippen LogP contribution < -0.4 is 0 Å². The Morgan fingerprint density at radius 2 is 1.68 bits per heavy atom. The molecule has 2 rings (SSSR count). The van der Waals surface area contributed by atoms with Crippen molar-refractivity contribution >= 4 is 5.78 Å². The Morgan fingerprint density at radius 3 is 2.42 bits per heavy atom. The molecule has 0 saturated carbocycles. The number of hydrogen-bond acceptors (Lipinski definition) is 1. The molecule has 0 unspecified atom stereocenters. The zero-order chi connectivity index (χ0) is 13.8. The van der Waals surface area contributed by atoms with Crippen LogP contribution in [-0.4, -0.2) is 5.78 Å². The lowest BCUT2D eigenvalue weighted by Gasteiger charge is -2.04. The molecule has 4 heteroatoms. The van der Waals surface area contributed by atoms with Crippen LogP contribution in [0.4, 0.5) is 13.2 Å². The Morgan fingerprint density at radius 1 is 0.947 bits per heavy atom. The van der Waals surface area contributed by atoms with Gasteiger partial charge in [0.1, 0.15) is 11.6 Å². The molecule has 0 atom stereocenters. The Kier molecular flexibility index (Phi) is 4.00. The van der Waals surface area contributed by atoms with E-state index in [1.807, 2.05) is 0 Å². The second-order valence-corrected chi connectivity index (χ2v) is 4.24. The molecule has 0 aliphatic rings. The van der Waals surface area contributed by atoms with Crippen LogP contribution in [-0.2, 0) is 17.6 Å². The molecule has 0 amide bonds. The zero-order valence-corrected chi connectivity index (χ0v) is 10.00. The summed E-state index contributed by atoms with van der Waals surface area (Å²) in [7, 11) is 0. The molecule has 0 aliphatic heterocycles. The number of hydrogen-bond donors (Lipinski definition) is 0. The van der Waals surface area contributed by atoms with Gasteiger partial charge in [-0.15, -0.1) is 0 Å². The van der Waals surface area contributed by atoms with E-state index >= 15 is 0 Å². The van der Waals surface area contributed by atoms with Crippen LogP contribution in [0.1, 0.15) is 11.1 Å². The van der Waals surface area contributed by atoms with Crippen LogP contribution in [0.25, 0.3) is 0 Å². The number of Topliss-reactive ketones (excluding diaryl/α,β-unsaturated/α-hetero) is 1. The molecule has 0 N–H and O–H groups in total. The highest BCUT2D eigenvalue weighted by atomic mass is 19.2. The van der Waals surface area contributed by atoms with Gasteiger partial charge in [-0.25, -0.2) is 13.2 Å². The number of halogens is 3. The standard InChI is InChI=1S/C15H11F3O/c16-12-5-1-3-10(7-12)8-13(19)9-11-4-2-6-14(17)15(11)18/h1-7H,8-9H2. The average molecular weight is 264 g/mol. The summed E-state index contributed by atoms with van der Waals surface area (Å²) < 4.78 is 39.3. The molecule has 98 valence electrons. The van der Waals surface area contributed by atoms with E-state index in [4.69, 9.17) is 0 Å². The van der Waals surface area contributed by atoms with E-state index in [1.165, 1.54) is 30.3 Å². The van der Waals surface area contributed by atoms with Crippen molar-refractivity contribution in [1.29, 1.82) is 0 Å². The molecule has 2 aromatic carbocycles. The fourth-order valence-electron chi connectivity index (χ4n) is 1.83. The summed E-state index contributed by atoms with van der Waals surface area (Å²) >= 11 is 0. The molecule has 0 saturated heterocycles. The third-order valence-corrected chi connectivity index (χ3v) is 2.71. The maximum absolute atomic E-state index is 13.4. The van der Waals surface area contributed by atoms with Crippen LogP contribution >= 0.6 is 0 Å². The zero-order valence-electron chi connectivity index (χ0n) is 10.00. The summed E-state index contributed by atoms with van der Waals surface area (Å²) in [6, 6.07) is 9.35. The van der Waals surface area contributed by atoms with Crippen LogP contribution in [0.5, 0.6) is 0 Å². The second-order valence-electron chi connectivity index (χ2n) is 4.24. The Hall–Kier alpha value is -2.10. The van der Waals surface area contributed by atoms with Crippen molar-refractivity contribution in [2.24, 2.45) is 0 Å². The fraction of sp³-hybridized carbons (Fsp3) is 0.133. The first-order valence-electron chi connectivity index (χ1n) is 5.75. The van der Waals surface area contributed by atoms with Gasteiger partial charge in [-0.3, -0.25) is 4.79 Å². The normalized spacial score (nSPS) is 10.5. The number of benzene rings is 2. The van der Waals surface area contributed by atoms with E-state index in [0.29, 0.717) is 5.56 Å². The SMILES string of the molecule is O=C(Cc1cccc(F)c1)Cc1cccc(F)c1F. The first-order valence-corrected chi connectivity index (χ1v) is 5.75. The largest absolute Gasteiger partial charge is 0.299 e. The van der Waals surface area contributed by atoms with E-state index < -0.39 is 17.5 Å². The van der Waals surface area contributed by atoms with Crippen molar-refractivity contribution in [3.05, 3.63) is 71.0 Å². The number of rotatable bonds is 4. The van der Waals surface area contributed by atoms with Crippen molar-refractivity contribution in [1.82, 2.24) is 0 Å². The van der Waals surface area contributed by atoms with Crippen molar-refractivity contribution in [3.63, 3.8) is 0 Å². The van der Waals surface area contributed by atoms with Crippen molar-refractivity contribution in [3.8, 4) is 0 Å². The van der Waals surface area contributed by atoms with Gasteiger partial charge in [0, 0.05) is 12.8 Å². The summed E-state index contributed by atoms with van der Waals surface area (Å²) in [6.45, 7) is 0. The molecule has 0 spiro atoms. The van der Waals surface area contributed by atoms with E-state index in [-0.39, 0.29) is 24.2 Å². The molecule has 0 fully saturated rings. The van der Waals surface area contributed by atoms with Gasteiger partial charge in [-0.05, 0) is 29.3 Å². The van der Waals surface area contributed by atoms with Gasteiger partial charge in [-0.2, -0.15) is 0 Å². The molecule has 1 nitrogen and oxygen atoms in total. The highest BCUT2D eigenvalue weighted by molar-refractivity contribution is 5.83. The lowest BCUT2D eigenvalue weighted by molar-refractivity contribution is -0.117. The topological polar surface area (TPSA) is 17.1 Å². The first-order chi connectivity index (χ1) is 9.06. The quantitative estimate of drug-likeness (QED) is 0.826. The van der Waals surface area contributed by atoms with E-state index in [1.54, 1.807) is 6.07 Å². The molecule has 0 aromatic heterocycles. The van der Waals surface area contributed by atoms with Gasteiger partial charge in [0.25, 0.3) is 0 Å². The summed E-state index contributed by atoms with van der Waals surface area (Å²) in [5.41, 5.74) is 0.531. The lowest BCUT2D eigenvalue weighted by Crippen LogP contribution is -2.08. The maximum atomic E-state index is 13.4. The Bertz CT molecular complexity index is 608. The first kappa shape index (κ1) is 13.3. The van der Waals surface area contributed by atoms with Gasteiger partial charge in [0.2, 0.25) is 0 Å². The Balaban J connectivity index is 2.08. The molecule has 0 bridgehead atoms. The van der Waals surface area contributed by atoms with Gasteiger partial charge in [-0.1, -0.05) is 24.3 Å². The van der Waals surface area contributed by atoms with Crippen molar-refractivity contribution in [2.45, 2.75) is 12.8 Å². The van der Waals surface area contributed by atoms with Crippen LogP contribution in [0, 0.1) is 17.5 Å². The molecular weight excluding hydrogens is 253 g/mol. The second kappa shape index (κ2) is 5.69. The minimum atomic E-state index is -1.00. The average Bonchev–Trinajstić information content (AvgIpc) is 2.35. The van der Waals surface area contributed by atoms with Gasteiger partial charge < -0.3 is 0 Å². The minimum absolute atomic E-state index is 0.00624. The van der Waals surface area contributed by atoms with Crippen LogP contribution in [0.2, 0.25) is 0 Å². The van der Waals surface area contributed by atoms with Crippen LogP contribution in [0.15, 0.2) is 42.5 Å². The summed E-state index contributed by atoms with van der Waals surface area (Å²) in [5.74, 6) is -2.71. The predicted molar refractivity (Wildman–Crippen MR) is 65.2 cm³/mol. The fourth-order valence-corrected chi connectivity index (χ4v) is 1.83. The number of carbonyl (C=O) groups excluding carboxylic acids is 1. The van der Waals surface area contributed by atoms with Crippen molar-refractivity contribution < 1.29 is 18.0 Å². The van der Waals surface area contributed by atoms with E-state index in [2.05, 4.69) is 0 Å². The summed E-state index contributed by atoms with van der Waals surface area (Å²) in [6.07, 6.45) is -0.214. The highest BCUT2D eigenvalue weighted by Gasteiger charge is 2.12. The molecule has 0 heterocycles. The predicted octanol–water partition coefficient (Wildman–Crippen LogP) is 3.46. The highest BCUT2D eigenvalue weighted by Crippen LogP contribution is 2.13. The van der Waals surface area contributed by atoms with Gasteiger partial charge >= 0.3 is 0 Å². The van der Waals surface area contributed by atoms with Gasteiger partial charge in [0.15, 0.2) is 11.6 Å². The lowest BCUT2D eigenvalue weighted by atomic mass is 10.0. The molecular formula is C15H11F3O. The van der Waals surface area contributed by atoms with E-state index in [0.717, 1.165) is 6.07 Å². The number of ketones is 1. The summed E-state index contributed by atoms with van der Waals surface area (Å²) in [5, 5.41) is 0.